The third-order valence-corrected chi connectivity index (χ3v) is 3.82. The highest BCUT2D eigenvalue weighted by Crippen LogP contribution is 2.40. The van der Waals surface area contributed by atoms with Crippen LogP contribution in [0.25, 0.3) is 0 Å². The smallest absolute Gasteiger partial charge is 0.387 e. The number of halogens is 3. The number of nitrogens with zero attached hydrogens (tertiary/aromatic N) is 1. The number of amides is 1. The predicted molar refractivity (Wildman–Crippen MR) is 77.2 cm³/mol. The summed E-state index contributed by atoms with van der Waals surface area (Å²) in [4.78, 5) is 11.9. The average Bonchev–Trinajstić information content (AvgIpc) is 3.28. The summed E-state index contributed by atoms with van der Waals surface area (Å²) in [5.74, 6) is 0.497. The molecular weight excluding hydrogens is 325 g/mol. The topological polar surface area (TPSA) is 75.4 Å². The van der Waals surface area contributed by atoms with E-state index in [1.54, 1.807) is 6.07 Å². The van der Waals surface area contributed by atoms with Crippen molar-refractivity contribution in [3.63, 3.8) is 0 Å². The van der Waals surface area contributed by atoms with Crippen molar-refractivity contribution in [2.24, 2.45) is 0 Å². The molecule has 1 atom stereocenters. The lowest BCUT2D eigenvalue weighted by Gasteiger charge is -2.13. The highest BCUT2D eigenvalue weighted by molar-refractivity contribution is 5.92. The average molecular weight is 340 g/mol. The Morgan fingerprint density at radius 1 is 1.33 bits per heavy atom. The summed E-state index contributed by atoms with van der Waals surface area (Å²) in [6.07, 6.45) is -3.51. The van der Waals surface area contributed by atoms with Gasteiger partial charge in [-0.05, 0) is 30.5 Å². The molecule has 1 saturated carbocycles. The standard InChI is InChI=1S/C16H15F3N2O3/c17-16(18,19)11-5-3-9(4-6-11)13(22)8-20-15(23)12-7-14(24-21-12)10-1-2-10/h3-7,10,13,22H,1-2,8H2,(H,20,23). The lowest BCUT2D eigenvalue weighted by atomic mass is 10.1. The molecule has 1 unspecified atom stereocenters. The number of carbonyl (C=O) groups excluding carboxylic acids is 1. The van der Waals surface area contributed by atoms with Crippen molar-refractivity contribution >= 4 is 5.91 Å². The molecule has 3 rings (SSSR count). The first kappa shape index (κ1) is 16.5. The Morgan fingerprint density at radius 3 is 2.58 bits per heavy atom. The largest absolute Gasteiger partial charge is 0.416 e. The monoisotopic (exact) mass is 340 g/mol. The molecule has 1 amide bonds. The van der Waals surface area contributed by atoms with Gasteiger partial charge in [0.25, 0.3) is 5.91 Å². The number of aliphatic hydroxyl groups excluding tert-OH is 1. The molecule has 2 N–H and O–H groups in total. The number of carbonyl (C=O) groups is 1. The maximum Gasteiger partial charge on any atom is 0.416 e. The van der Waals surface area contributed by atoms with Crippen LogP contribution in [0, 0.1) is 0 Å². The minimum Gasteiger partial charge on any atom is -0.387 e. The first-order valence-corrected chi connectivity index (χ1v) is 7.44. The number of aromatic nitrogens is 1. The van der Waals surface area contributed by atoms with E-state index < -0.39 is 23.8 Å². The second-order valence-corrected chi connectivity index (χ2v) is 5.73. The molecule has 1 aromatic carbocycles. The Bertz CT molecular complexity index is 721. The molecular formula is C16H15F3N2O3. The molecule has 24 heavy (non-hydrogen) atoms. The fourth-order valence-corrected chi connectivity index (χ4v) is 2.25. The molecule has 5 nitrogen and oxygen atoms in total. The summed E-state index contributed by atoms with van der Waals surface area (Å²) in [5, 5.41) is 16.1. The van der Waals surface area contributed by atoms with E-state index in [1.807, 2.05) is 0 Å². The lowest BCUT2D eigenvalue weighted by Crippen LogP contribution is -2.28. The predicted octanol–water partition coefficient (Wildman–Crippen LogP) is 3.03. The number of alkyl halides is 3. The molecule has 0 aliphatic heterocycles. The van der Waals surface area contributed by atoms with Crippen molar-refractivity contribution in [2.45, 2.75) is 31.0 Å². The van der Waals surface area contributed by atoms with Gasteiger partial charge < -0.3 is 14.9 Å². The zero-order valence-corrected chi connectivity index (χ0v) is 12.5. The van der Waals surface area contributed by atoms with E-state index in [1.165, 1.54) is 12.1 Å². The Hall–Kier alpha value is -2.35. The molecule has 0 radical (unpaired) electrons. The molecule has 2 aromatic rings. The van der Waals surface area contributed by atoms with Crippen molar-refractivity contribution in [1.29, 1.82) is 0 Å². The Kier molecular flexibility index (Phi) is 4.31. The summed E-state index contributed by atoms with van der Waals surface area (Å²) in [7, 11) is 0. The van der Waals surface area contributed by atoms with Crippen LogP contribution in [-0.2, 0) is 6.18 Å². The number of hydrogen-bond acceptors (Lipinski definition) is 4. The molecule has 1 aliphatic carbocycles. The van der Waals surface area contributed by atoms with E-state index >= 15 is 0 Å². The molecule has 128 valence electrons. The maximum atomic E-state index is 12.5. The number of hydrogen-bond donors (Lipinski definition) is 2. The van der Waals surface area contributed by atoms with Gasteiger partial charge in [0.15, 0.2) is 5.69 Å². The van der Waals surface area contributed by atoms with Crippen molar-refractivity contribution in [1.82, 2.24) is 10.5 Å². The van der Waals surface area contributed by atoms with Gasteiger partial charge in [0, 0.05) is 18.5 Å². The van der Waals surface area contributed by atoms with Crippen molar-refractivity contribution < 1.29 is 27.6 Å². The Morgan fingerprint density at radius 2 is 2.00 bits per heavy atom. The third kappa shape index (κ3) is 3.76. The maximum absolute atomic E-state index is 12.5. The lowest BCUT2D eigenvalue weighted by molar-refractivity contribution is -0.137. The van der Waals surface area contributed by atoms with E-state index in [9.17, 15) is 23.1 Å². The van der Waals surface area contributed by atoms with Crippen LogP contribution < -0.4 is 5.32 Å². The molecule has 0 bridgehead atoms. The second kappa shape index (κ2) is 6.27. The van der Waals surface area contributed by atoms with E-state index in [-0.39, 0.29) is 17.8 Å². The summed E-state index contributed by atoms with van der Waals surface area (Å²) in [6, 6.07) is 5.71. The third-order valence-electron chi connectivity index (χ3n) is 3.82. The van der Waals surface area contributed by atoms with Gasteiger partial charge >= 0.3 is 6.18 Å². The van der Waals surface area contributed by atoms with Crippen LogP contribution in [0.2, 0.25) is 0 Å². The SMILES string of the molecule is O=C(NCC(O)c1ccc(C(F)(F)F)cc1)c1cc(C2CC2)on1. The summed E-state index contributed by atoms with van der Waals surface area (Å²) in [5.41, 5.74) is -0.392. The normalized spacial score (nSPS) is 16.0. The van der Waals surface area contributed by atoms with Crippen LogP contribution in [0.15, 0.2) is 34.9 Å². The van der Waals surface area contributed by atoms with Gasteiger partial charge in [-0.2, -0.15) is 13.2 Å². The van der Waals surface area contributed by atoms with E-state index in [2.05, 4.69) is 10.5 Å². The number of rotatable bonds is 5. The van der Waals surface area contributed by atoms with Crippen molar-refractivity contribution in [3.8, 4) is 0 Å². The van der Waals surface area contributed by atoms with Crippen molar-refractivity contribution in [3.05, 3.63) is 52.9 Å². The molecule has 1 aromatic heterocycles. The van der Waals surface area contributed by atoms with Gasteiger partial charge in [-0.25, -0.2) is 0 Å². The van der Waals surface area contributed by atoms with Crippen molar-refractivity contribution in [2.75, 3.05) is 6.54 Å². The van der Waals surface area contributed by atoms with Crippen LogP contribution in [0.5, 0.6) is 0 Å². The van der Waals surface area contributed by atoms with Gasteiger partial charge in [-0.1, -0.05) is 17.3 Å². The zero-order chi connectivity index (χ0) is 17.3. The molecule has 1 heterocycles. The van der Waals surface area contributed by atoms with Crippen LogP contribution in [0.3, 0.4) is 0 Å². The first-order chi connectivity index (χ1) is 11.3. The quantitative estimate of drug-likeness (QED) is 0.877. The van der Waals surface area contributed by atoms with Gasteiger partial charge in [-0.3, -0.25) is 4.79 Å². The minimum atomic E-state index is -4.43. The summed E-state index contributed by atoms with van der Waals surface area (Å²) < 4.78 is 42.5. The zero-order valence-electron chi connectivity index (χ0n) is 12.5. The highest BCUT2D eigenvalue weighted by atomic mass is 19.4. The van der Waals surface area contributed by atoms with Crippen LogP contribution in [0.4, 0.5) is 13.2 Å². The minimum absolute atomic E-state index is 0.122. The van der Waals surface area contributed by atoms with Crippen LogP contribution >= 0.6 is 0 Å². The van der Waals surface area contributed by atoms with Gasteiger partial charge in [0.1, 0.15) is 5.76 Å². The van der Waals surface area contributed by atoms with E-state index in [0.717, 1.165) is 25.0 Å². The number of benzene rings is 1. The van der Waals surface area contributed by atoms with E-state index in [0.29, 0.717) is 11.7 Å². The van der Waals surface area contributed by atoms with Gasteiger partial charge in [0.05, 0.1) is 11.7 Å². The fraction of sp³-hybridized carbons (Fsp3) is 0.375. The molecule has 0 spiro atoms. The number of aliphatic hydroxyl groups is 1. The summed E-state index contributed by atoms with van der Waals surface area (Å²) >= 11 is 0. The Labute approximate surface area is 135 Å². The van der Waals surface area contributed by atoms with E-state index in [4.69, 9.17) is 4.52 Å². The molecule has 1 aliphatic rings. The van der Waals surface area contributed by atoms with Gasteiger partial charge in [-0.15, -0.1) is 0 Å². The Balaban J connectivity index is 1.56. The van der Waals surface area contributed by atoms with Crippen LogP contribution in [-0.4, -0.2) is 22.7 Å². The van der Waals surface area contributed by atoms with Crippen LogP contribution in [0.1, 0.15) is 52.2 Å². The summed E-state index contributed by atoms with van der Waals surface area (Å²) in [6.45, 7) is -0.143. The number of nitrogens with one attached hydrogen (secondary N) is 1. The van der Waals surface area contributed by atoms with Gasteiger partial charge in [0.2, 0.25) is 0 Å². The highest BCUT2D eigenvalue weighted by Gasteiger charge is 2.30. The first-order valence-electron chi connectivity index (χ1n) is 7.44. The second-order valence-electron chi connectivity index (χ2n) is 5.73. The molecule has 0 saturated heterocycles. The fourth-order valence-electron chi connectivity index (χ4n) is 2.25. The molecule has 1 fully saturated rings. The molecule has 8 heteroatoms.